The predicted molar refractivity (Wildman–Crippen MR) is 105 cm³/mol. The number of aryl methyl sites for hydroxylation is 1. The molecule has 0 bridgehead atoms. The van der Waals surface area contributed by atoms with Crippen molar-refractivity contribution >= 4 is 44.6 Å². The van der Waals surface area contributed by atoms with Gasteiger partial charge in [-0.1, -0.05) is 23.7 Å². The van der Waals surface area contributed by atoms with E-state index in [0.29, 0.717) is 10.7 Å². The van der Waals surface area contributed by atoms with E-state index in [1.165, 1.54) is 25.1 Å². The van der Waals surface area contributed by atoms with Crippen LogP contribution in [0, 0.1) is 17.0 Å². The Bertz CT molecular complexity index is 994. The highest BCUT2D eigenvalue weighted by Crippen LogP contribution is 2.26. The topological polar surface area (TPSA) is 110 Å². The molecule has 0 aliphatic rings. The van der Waals surface area contributed by atoms with Crippen molar-refractivity contribution < 1.29 is 18.1 Å². The Hall–Kier alpha value is -2.65. The van der Waals surface area contributed by atoms with Crippen LogP contribution >= 0.6 is 11.6 Å². The smallest absolute Gasteiger partial charge is 0.271 e. The van der Waals surface area contributed by atoms with E-state index in [-0.39, 0.29) is 11.4 Å². The number of nitro benzene ring substituents is 1. The lowest BCUT2D eigenvalue weighted by molar-refractivity contribution is -0.384. The number of nitrogens with zero attached hydrogens (tertiary/aromatic N) is 2. The van der Waals surface area contributed by atoms with Gasteiger partial charge in [0.25, 0.3) is 5.69 Å². The molecule has 8 nitrogen and oxygen atoms in total. The maximum Gasteiger partial charge on any atom is 0.271 e. The zero-order valence-corrected chi connectivity index (χ0v) is 16.4. The molecule has 0 aliphatic carbocycles. The summed E-state index contributed by atoms with van der Waals surface area (Å²) < 4.78 is 25.4. The molecule has 0 spiro atoms. The molecule has 0 aromatic heterocycles. The molecule has 0 aliphatic heterocycles. The molecule has 0 saturated carbocycles. The summed E-state index contributed by atoms with van der Waals surface area (Å²) in [5.41, 5.74) is 0.988. The number of rotatable bonds is 6. The van der Waals surface area contributed by atoms with Gasteiger partial charge in [0.1, 0.15) is 6.04 Å². The first kappa shape index (κ1) is 20.7. The number of non-ortho nitro benzene ring substituents is 1. The molecule has 0 saturated heterocycles. The highest BCUT2D eigenvalue weighted by atomic mass is 35.5. The molecule has 27 heavy (non-hydrogen) atoms. The number of carbonyl (C=O) groups is 1. The van der Waals surface area contributed by atoms with Crippen LogP contribution in [0.1, 0.15) is 12.5 Å². The molecule has 1 amide bonds. The van der Waals surface area contributed by atoms with Gasteiger partial charge in [0.15, 0.2) is 0 Å². The van der Waals surface area contributed by atoms with E-state index in [1.54, 1.807) is 18.2 Å². The summed E-state index contributed by atoms with van der Waals surface area (Å²) in [6.07, 6.45) is 0.929. The van der Waals surface area contributed by atoms with Crippen LogP contribution < -0.4 is 9.62 Å². The second kappa shape index (κ2) is 7.93. The van der Waals surface area contributed by atoms with Crippen LogP contribution in [0.4, 0.5) is 17.1 Å². The highest BCUT2D eigenvalue weighted by molar-refractivity contribution is 7.92. The normalized spacial score (nSPS) is 12.3. The monoisotopic (exact) mass is 411 g/mol. The van der Waals surface area contributed by atoms with Crippen molar-refractivity contribution in [1.29, 1.82) is 0 Å². The van der Waals surface area contributed by atoms with Gasteiger partial charge in [-0.25, -0.2) is 8.42 Å². The Labute approximate surface area is 162 Å². The molecule has 0 unspecified atom stereocenters. The van der Waals surface area contributed by atoms with Gasteiger partial charge in [-0.05, 0) is 37.6 Å². The number of carbonyl (C=O) groups excluding carboxylic acids is 1. The summed E-state index contributed by atoms with van der Waals surface area (Å²) in [5.74, 6) is -0.605. The van der Waals surface area contributed by atoms with Crippen LogP contribution in [-0.4, -0.2) is 31.5 Å². The first-order valence-corrected chi connectivity index (χ1v) is 10.0. The Morgan fingerprint density at radius 1 is 1.26 bits per heavy atom. The van der Waals surface area contributed by atoms with E-state index in [0.717, 1.165) is 22.2 Å². The van der Waals surface area contributed by atoms with Crippen molar-refractivity contribution in [3.63, 3.8) is 0 Å². The second-order valence-electron chi connectivity index (χ2n) is 5.96. The first-order valence-electron chi connectivity index (χ1n) is 7.81. The minimum Gasteiger partial charge on any atom is -0.324 e. The lowest BCUT2D eigenvalue weighted by Crippen LogP contribution is -2.45. The van der Waals surface area contributed by atoms with Crippen LogP contribution in [0.3, 0.4) is 0 Å². The number of halogens is 1. The van der Waals surface area contributed by atoms with Crippen molar-refractivity contribution in [1.82, 2.24) is 0 Å². The van der Waals surface area contributed by atoms with E-state index in [2.05, 4.69) is 5.32 Å². The number of hydrogen-bond acceptors (Lipinski definition) is 5. The van der Waals surface area contributed by atoms with Crippen LogP contribution in [0.2, 0.25) is 5.02 Å². The summed E-state index contributed by atoms with van der Waals surface area (Å²) in [4.78, 5) is 22.9. The van der Waals surface area contributed by atoms with Crippen molar-refractivity contribution in [2.75, 3.05) is 15.9 Å². The molecular formula is C17H18ClN3O5S. The summed E-state index contributed by atoms with van der Waals surface area (Å²) in [5, 5.41) is 14.0. The zero-order valence-electron chi connectivity index (χ0n) is 14.8. The van der Waals surface area contributed by atoms with Gasteiger partial charge in [-0.3, -0.25) is 19.2 Å². The summed E-state index contributed by atoms with van der Waals surface area (Å²) in [6, 6.07) is 8.86. The number of amides is 1. The van der Waals surface area contributed by atoms with E-state index in [1.807, 2.05) is 6.92 Å². The molecule has 0 radical (unpaired) electrons. The van der Waals surface area contributed by atoms with Gasteiger partial charge >= 0.3 is 0 Å². The fourth-order valence-corrected chi connectivity index (χ4v) is 3.82. The van der Waals surface area contributed by atoms with Crippen LogP contribution in [-0.2, 0) is 14.8 Å². The summed E-state index contributed by atoms with van der Waals surface area (Å²) in [6.45, 7) is 3.20. The molecule has 0 fully saturated rings. The average molecular weight is 412 g/mol. The van der Waals surface area contributed by atoms with Gasteiger partial charge in [-0.15, -0.1) is 0 Å². The number of nitrogens with one attached hydrogen (secondary N) is 1. The molecule has 2 aromatic rings. The molecule has 1 N–H and O–H groups in total. The van der Waals surface area contributed by atoms with Crippen molar-refractivity contribution in [2.24, 2.45) is 0 Å². The second-order valence-corrected chi connectivity index (χ2v) is 8.23. The quantitative estimate of drug-likeness (QED) is 0.579. The number of anilines is 2. The SMILES string of the molecule is Cc1ccc(NC(=O)[C@@H](C)N(c2cccc([N+](=O)[O-])c2)S(C)(=O)=O)cc1Cl. The number of hydrogen-bond donors (Lipinski definition) is 1. The molecule has 144 valence electrons. The molecular weight excluding hydrogens is 394 g/mol. The van der Waals surface area contributed by atoms with Gasteiger partial charge in [0.2, 0.25) is 15.9 Å². The molecule has 2 rings (SSSR count). The standard InChI is InChI=1S/C17H18ClN3O5S/c1-11-7-8-13(9-16(11)18)19-17(22)12(2)20(27(3,25)26)14-5-4-6-15(10-14)21(23)24/h4-10,12H,1-3H3,(H,19,22)/t12-/m1/s1. The Balaban J connectivity index is 2.36. The Kier molecular flexibility index (Phi) is 6.07. The van der Waals surface area contributed by atoms with E-state index < -0.39 is 26.9 Å². The third-order valence-electron chi connectivity index (χ3n) is 3.82. The van der Waals surface area contributed by atoms with Crippen molar-refractivity contribution in [3.05, 3.63) is 63.2 Å². The van der Waals surface area contributed by atoms with E-state index >= 15 is 0 Å². The Morgan fingerprint density at radius 2 is 1.93 bits per heavy atom. The summed E-state index contributed by atoms with van der Waals surface area (Å²) >= 11 is 6.03. The van der Waals surface area contributed by atoms with Gasteiger partial charge in [-0.2, -0.15) is 0 Å². The third kappa shape index (κ3) is 4.95. The lowest BCUT2D eigenvalue weighted by Gasteiger charge is -2.28. The fraction of sp³-hybridized carbons (Fsp3) is 0.235. The van der Waals surface area contributed by atoms with Gasteiger partial charge < -0.3 is 5.32 Å². The van der Waals surface area contributed by atoms with E-state index in [4.69, 9.17) is 11.6 Å². The summed E-state index contributed by atoms with van der Waals surface area (Å²) in [7, 11) is -3.89. The first-order chi connectivity index (χ1) is 12.5. The molecule has 0 heterocycles. The van der Waals surface area contributed by atoms with Crippen LogP contribution in [0.25, 0.3) is 0 Å². The number of nitro groups is 1. The third-order valence-corrected chi connectivity index (χ3v) is 5.47. The zero-order chi connectivity index (χ0) is 20.4. The molecule has 10 heteroatoms. The predicted octanol–water partition coefficient (Wildman–Crippen LogP) is 3.35. The Morgan fingerprint density at radius 3 is 2.48 bits per heavy atom. The van der Waals surface area contributed by atoms with Gasteiger partial charge in [0.05, 0.1) is 16.9 Å². The average Bonchev–Trinajstić information content (AvgIpc) is 2.57. The lowest BCUT2D eigenvalue weighted by atomic mass is 10.2. The van der Waals surface area contributed by atoms with Crippen molar-refractivity contribution in [2.45, 2.75) is 19.9 Å². The minimum absolute atomic E-state index is 0.0243. The number of benzene rings is 2. The number of sulfonamides is 1. The highest BCUT2D eigenvalue weighted by Gasteiger charge is 2.30. The van der Waals surface area contributed by atoms with Crippen LogP contribution in [0.15, 0.2) is 42.5 Å². The fourth-order valence-electron chi connectivity index (χ4n) is 2.47. The van der Waals surface area contributed by atoms with Crippen LogP contribution in [0.5, 0.6) is 0 Å². The largest absolute Gasteiger partial charge is 0.324 e. The van der Waals surface area contributed by atoms with Gasteiger partial charge in [0, 0.05) is 22.8 Å². The minimum atomic E-state index is -3.89. The molecule has 1 atom stereocenters. The molecule has 2 aromatic carbocycles. The maximum atomic E-state index is 12.6. The van der Waals surface area contributed by atoms with Crippen molar-refractivity contribution in [3.8, 4) is 0 Å². The van der Waals surface area contributed by atoms with E-state index in [9.17, 15) is 23.3 Å². The maximum absolute atomic E-state index is 12.6.